The van der Waals surface area contributed by atoms with Gasteiger partial charge in [-0.1, -0.05) is 5.21 Å². The highest BCUT2D eigenvalue weighted by atomic mass is 19.3. The molecule has 0 radical (unpaired) electrons. The number of halogens is 2. The van der Waals surface area contributed by atoms with Crippen LogP contribution < -0.4 is 0 Å². The summed E-state index contributed by atoms with van der Waals surface area (Å²) < 4.78 is 33.3. The first-order valence-corrected chi connectivity index (χ1v) is 4.60. The number of rotatable bonds is 6. The molecule has 1 heterocycles. The average molecular weight is 235 g/mol. The van der Waals surface area contributed by atoms with Gasteiger partial charge >= 0.3 is 12.6 Å². The molecule has 0 spiro atoms. The van der Waals surface area contributed by atoms with Gasteiger partial charge in [-0.05, 0) is 6.92 Å². The molecule has 16 heavy (non-hydrogen) atoms. The molecule has 1 rings (SSSR count). The Balaban J connectivity index is 2.53. The molecule has 0 saturated heterocycles. The summed E-state index contributed by atoms with van der Waals surface area (Å²) in [4.78, 5) is 11.3. The number of carbonyl (C=O) groups is 1. The Hall–Kier alpha value is -1.57. The Morgan fingerprint density at radius 3 is 3.00 bits per heavy atom. The van der Waals surface area contributed by atoms with Gasteiger partial charge in [-0.15, -0.1) is 5.10 Å². The van der Waals surface area contributed by atoms with E-state index in [-0.39, 0.29) is 25.5 Å². The Morgan fingerprint density at radius 2 is 2.38 bits per heavy atom. The fraction of sp³-hybridized carbons (Fsp3) is 0.625. The van der Waals surface area contributed by atoms with Gasteiger partial charge in [-0.3, -0.25) is 0 Å². The molecule has 0 aliphatic heterocycles. The number of hydrogen-bond donors (Lipinski definition) is 0. The van der Waals surface area contributed by atoms with E-state index in [1.54, 1.807) is 6.92 Å². The van der Waals surface area contributed by atoms with Crippen molar-refractivity contribution in [2.75, 3.05) is 13.2 Å². The van der Waals surface area contributed by atoms with Crippen LogP contribution in [0.15, 0.2) is 6.20 Å². The van der Waals surface area contributed by atoms with Gasteiger partial charge < -0.3 is 9.47 Å². The number of ether oxygens (including phenoxy) is 2. The monoisotopic (exact) mass is 235 g/mol. The van der Waals surface area contributed by atoms with Crippen molar-refractivity contribution in [3.63, 3.8) is 0 Å². The minimum atomic E-state index is -2.84. The molecule has 1 aromatic heterocycles. The van der Waals surface area contributed by atoms with E-state index in [2.05, 4.69) is 15.0 Å². The van der Waals surface area contributed by atoms with E-state index in [0.717, 1.165) is 4.68 Å². The van der Waals surface area contributed by atoms with E-state index in [9.17, 15) is 13.6 Å². The summed E-state index contributed by atoms with van der Waals surface area (Å²) in [6.45, 7) is -1.20. The number of nitrogens with zero attached hydrogens (tertiary/aromatic N) is 3. The van der Waals surface area contributed by atoms with Crippen LogP contribution in [-0.2, 0) is 16.0 Å². The lowest BCUT2D eigenvalue weighted by molar-refractivity contribution is -0.130. The van der Waals surface area contributed by atoms with Crippen LogP contribution in [0.3, 0.4) is 0 Å². The topological polar surface area (TPSA) is 66.2 Å². The smallest absolute Gasteiger partial charge is 0.358 e. The predicted octanol–water partition coefficient (Wildman–Crippen LogP) is 0.694. The van der Waals surface area contributed by atoms with Crippen molar-refractivity contribution in [1.29, 1.82) is 0 Å². The second kappa shape index (κ2) is 6.11. The lowest BCUT2D eigenvalue weighted by Crippen LogP contribution is -2.17. The molecule has 90 valence electrons. The average Bonchev–Trinajstić information content (AvgIpc) is 2.66. The van der Waals surface area contributed by atoms with Crippen molar-refractivity contribution in [1.82, 2.24) is 15.0 Å². The van der Waals surface area contributed by atoms with Crippen molar-refractivity contribution < 1.29 is 23.0 Å². The molecule has 0 aliphatic carbocycles. The van der Waals surface area contributed by atoms with Crippen LogP contribution in [0.5, 0.6) is 0 Å². The molecule has 0 atom stereocenters. The second-order valence-corrected chi connectivity index (χ2v) is 2.69. The highest BCUT2D eigenvalue weighted by Gasteiger charge is 2.14. The van der Waals surface area contributed by atoms with Gasteiger partial charge in [0.05, 0.1) is 26.0 Å². The molecule has 0 aliphatic rings. The van der Waals surface area contributed by atoms with Gasteiger partial charge in [0.15, 0.2) is 5.69 Å². The third-order valence-corrected chi connectivity index (χ3v) is 1.65. The van der Waals surface area contributed by atoms with Gasteiger partial charge in [0.1, 0.15) is 0 Å². The van der Waals surface area contributed by atoms with Crippen molar-refractivity contribution in [2.24, 2.45) is 0 Å². The zero-order valence-electron chi connectivity index (χ0n) is 8.60. The van der Waals surface area contributed by atoms with Crippen LogP contribution in [0, 0.1) is 0 Å². The molecule has 0 saturated carbocycles. The SMILES string of the molecule is CCOC(=O)c1cnnn1CCOC(F)F. The Kier molecular flexibility index (Phi) is 4.77. The zero-order chi connectivity index (χ0) is 12.0. The van der Waals surface area contributed by atoms with Crippen molar-refractivity contribution >= 4 is 5.97 Å². The highest BCUT2D eigenvalue weighted by molar-refractivity contribution is 5.87. The number of hydrogen-bond acceptors (Lipinski definition) is 5. The highest BCUT2D eigenvalue weighted by Crippen LogP contribution is 2.01. The van der Waals surface area contributed by atoms with Crippen molar-refractivity contribution in [3.8, 4) is 0 Å². The van der Waals surface area contributed by atoms with E-state index in [4.69, 9.17) is 4.74 Å². The first kappa shape index (κ1) is 12.5. The van der Waals surface area contributed by atoms with E-state index in [0.29, 0.717) is 0 Å². The molecule has 6 nitrogen and oxygen atoms in total. The first-order chi connectivity index (χ1) is 7.65. The maximum Gasteiger partial charge on any atom is 0.358 e. The molecular formula is C8H11F2N3O3. The van der Waals surface area contributed by atoms with Crippen molar-refractivity contribution in [3.05, 3.63) is 11.9 Å². The van der Waals surface area contributed by atoms with E-state index < -0.39 is 12.6 Å². The third-order valence-electron chi connectivity index (χ3n) is 1.65. The molecule has 0 fully saturated rings. The predicted molar refractivity (Wildman–Crippen MR) is 47.9 cm³/mol. The summed E-state index contributed by atoms with van der Waals surface area (Å²) in [7, 11) is 0. The van der Waals surface area contributed by atoms with Crippen LogP contribution in [0.4, 0.5) is 8.78 Å². The minimum Gasteiger partial charge on any atom is -0.461 e. The fourth-order valence-electron chi connectivity index (χ4n) is 1.01. The third kappa shape index (κ3) is 3.54. The van der Waals surface area contributed by atoms with Gasteiger partial charge in [0, 0.05) is 0 Å². The van der Waals surface area contributed by atoms with Crippen LogP contribution in [-0.4, -0.2) is 40.8 Å². The maximum absolute atomic E-state index is 11.7. The van der Waals surface area contributed by atoms with E-state index >= 15 is 0 Å². The quantitative estimate of drug-likeness (QED) is 0.679. The summed E-state index contributed by atoms with van der Waals surface area (Å²) in [6, 6.07) is 0. The molecule has 0 N–H and O–H groups in total. The number of carbonyl (C=O) groups excluding carboxylic acids is 1. The first-order valence-electron chi connectivity index (χ1n) is 4.60. The molecule has 0 amide bonds. The molecule has 0 bridgehead atoms. The van der Waals surface area contributed by atoms with Crippen LogP contribution in [0.25, 0.3) is 0 Å². The summed E-state index contributed by atoms with van der Waals surface area (Å²) in [5.41, 5.74) is 0.111. The standard InChI is InChI=1S/C8H11F2N3O3/c1-2-15-7(14)6-5-11-12-13(6)3-4-16-8(9)10/h5,8H,2-4H2,1H3. The minimum absolute atomic E-state index is 0.0124. The van der Waals surface area contributed by atoms with Crippen molar-refractivity contribution in [2.45, 2.75) is 20.1 Å². The van der Waals surface area contributed by atoms with E-state index in [1.165, 1.54) is 6.20 Å². The normalized spacial score (nSPS) is 10.8. The molecule has 8 heteroatoms. The molecule has 0 unspecified atom stereocenters. The van der Waals surface area contributed by atoms with Crippen LogP contribution in [0.2, 0.25) is 0 Å². The van der Waals surface area contributed by atoms with Crippen LogP contribution >= 0.6 is 0 Å². The van der Waals surface area contributed by atoms with Crippen LogP contribution in [0.1, 0.15) is 17.4 Å². The van der Waals surface area contributed by atoms with Gasteiger partial charge in [0.2, 0.25) is 0 Å². The number of esters is 1. The number of alkyl halides is 2. The summed E-state index contributed by atoms with van der Waals surface area (Å²) in [5, 5.41) is 7.05. The molecule has 0 aromatic carbocycles. The Morgan fingerprint density at radius 1 is 1.62 bits per heavy atom. The van der Waals surface area contributed by atoms with E-state index in [1.807, 2.05) is 0 Å². The zero-order valence-corrected chi connectivity index (χ0v) is 8.60. The second-order valence-electron chi connectivity index (χ2n) is 2.69. The maximum atomic E-state index is 11.7. The summed E-state index contributed by atoms with van der Waals surface area (Å²) in [5.74, 6) is -0.593. The summed E-state index contributed by atoms with van der Waals surface area (Å²) in [6.07, 6.45) is 1.21. The molecule has 1 aromatic rings. The Labute approximate surface area is 90.1 Å². The Bertz CT molecular complexity index is 343. The lowest BCUT2D eigenvalue weighted by Gasteiger charge is -2.05. The fourth-order valence-corrected chi connectivity index (χ4v) is 1.01. The summed E-state index contributed by atoms with van der Waals surface area (Å²) >= 11 is 0. The number of aromatic nitrogens is 3. The van der Waals surface area contributed by atoms with Gasteiger partial charge in [-0.2, -0.15) is 8.78 Å². The van der Waals surface area contributed by atoms with Gasteiger partial charge in [0.25, 0.3) is 0 Å². The lowest BCUT2D eigenvalue weighted by atomic mass is 10.4. The largest absolute Gasteiger partial charge is 0.461 e. The van der Waals surface area contributed by atoms with Gasteiger partial charge in [-0.25, -0.2) is 9.48 Å². The molecular weight excluding hydrogens is 224 g/mol.